The number of phenolic OH excluding ortho intramolecular Hbond substituents is 2. The molecule has 0 radical (unpaired) electrons. The maximum atomic E-state index is 12.1. The van der Waals surface area contributed by atoms with Gasteiger partial charge in [0.15, 0.2) is 11.6 Å². The van der Waals surface area contributed by atoms with Crippen molar-refractivity contribution < 1.29 is 19.8 Å². The smallest absolute Gasteiger partial charge is 0.170 e. The van der Waals surface area contributed by atoms with E-state index in [1.165, 1.54) is 19.1 Å². The van der Waals surface area contributed by atoms with Gasteiger partial charge in [0.2, 0.25) is 0 Å². The van der Waals surface area contributed by atoms with Crippen LogP contribution < -0.4 is 0 Å². The fraction of sp³-hybridized carbons (Fsp3) is 0.125. The van der Waals surface area contributed by atoms with Gasteiger partial charge in [-0.2, -0.15) is 0 Å². The van der Waals surface area contributed by atoms with E-state index in [4.69, 9.17) is 0 Å². The third-order valence-corrected chi connectivity index (χ3v) is 2.98. The third-order valence-electron chi connectivity index (χ3n) is 2.98. The lowest BCUT2D eigenvalue weighted by Crippen LogP contribution is -2.04. The second-order valence-electron chi connectivity index (χ2n) is 4.56. The SMILES string of the molecule is CC(=O)c1cccc(CC(=O)c2ccc(O)cc2O)c1. The first-order chi connectivity index (χ1) is 9.47. The molecule has 20 heavy (non-hydrogen) atoms. The van der Waals surface area contributed by atoms with Gasteiger partial charge in [0.25, 0.3) is 0 Å². The van der Waals surface area contributed by atoms with E-state index in [1.54, 1.807) is 24.3 Å². The van der Waals surface area contributed by atoms with Gasteiger partial charge in [-0.15, -0.1) is 0 Å². The lowest BCUT2D eigenvalue weighted by atomic mass is 10.00. The predicted octanol–water partition coefficient (Wildman–Crippen LogP) is 2.73. The Labute approximate surface area is 116 Å². The zero-order chi connectivity index (χ0) is 14.7. The molecule has 0 amide bonds. The van der Waals surface area contributed by atoms with Crippen molar-refractivity contribution in [1.82, 2.24) is 0 Å². The molecule has 0 fully saturated rings. The van der Waals surface area contributed by atoms with Gasteiger partial charge >= 0.3 is 0 Å². The van der Waals surface area contributed by atoms with E-state index in [0.717, 1.165) is 6.07 Å². The Bertz CT molecular complexity index is 674. The summed E-state index contributed by atoms with van der Waals surface area (Å²) in [7, 11) is 0. The Balaban J connectivity index is 2.23. The number of carbonyl (C=O) groups excluding carboxylic acids is 2. The first-order valence-corrected chi connectivity index (χ1v) is 6.12. The second-order valence-corrected chi connectivity index (χ2v) is 4.56. The summed E-state index contributed by atoms with van der Waals surface area (Å²) < 4.78 is 0. The molecule has 0 aliphatic carbocycles. The molecule has 0 heterocycles. The van der Waals surface area contributed by atoms with E-state index < -0.39 is 0 Å². The van der Waals surface area contributed by atoms with Gasteiger partial charge in [0.1, 0.15) is 11.5 Å². The topological polar surface area (TPSA) is 74.6 Å². The molecule has 102 valence electrons. The van der Waals surface area contributed by atoms with E-state index >= 15 is 0 Å². The van der Waals surface area contributed by atoms with Crippen molar-refractivity contribution >= 4 is 11.6 Å². The standard InChI is InChI=1S/C16H14O4/c1-10(17)12-4-2-3-11(7-12)8-15(19)14-6-5-13(18)9-16(14)20/h2-7,9,18,20H,8H2,1H3. The lowest BCUT2D eigenvalue weighted by Gasteiger charge is -2.05. The van der Waals surface area contributed by atoms with Crippen LogP contribution in [0, 0.1) is 0 Å². The minimum Gasteiger partial charge on any atom is -0.508 e. The monoisotopic (exact) mass is 270 g/mol. The number of Topliss-reactive ketones (excluding diaryl/α,β-unsaturated/α-hetero) is 2. The maximum Gasteiger partial charge on any atom is 0.170 e. The van der Waals surface area contributed by atoms with Gasteiger partial charge in [0.05, 0.1) is 5.56 Å². The summed E-state index contributed by atoms with van der Waals surface area (Å²) in [6.07, 6.45) is 0.0828. The number of aromatic hydroxyl groups is 2. The molecule has 4 heteroatoms. The van der Waals surface area contributed by atoms with Crippen molar-refractivity contribution in [2.45, 2.75) is 13.3 Å². The van der Waals surface area contributed by atoms with Crippen LogP contribution in [0.2, 0.25) is 0 Å². The Hall–Kier alpha value is -2.62. The fourth-order valence-electron chi connectivity index (χ4n) is 1.94. The number of hydrogen-bond donors (Lipinski definition) is 2. The highest BCUT2D eigenvalue weighted by atomic mass is 16.3. The molecular formula is C16H14O4. The average Bonchev–Trinajstić information content (AvgIpc) is 2.38. The number of carbonyl (C=O) groups is 2. The van der Waals surface area contributed by atoms with Crippen LogP contribution in [0.5, 0.6) is 11.5 Å². The molecule has 0 saturated heterocycles. The summed E-state index contributed by atoms with van der Waals surface area (Å²) in [6, 6.07) is 10.7. The van der Waals surface area contributed by atoms with Crippen LogP contribution in [0.15, 0.2) is 42.5 Å². The fourth-order valence-corrected chi connectivity index (χ4v) is 1.94. The minimum absolute atomic E-state index is 0.0632. The zero-order valence-corrected chi connectivity index (χ0v) is 11.0. The van der Waals surface area contributed by atoms with Crippen LogP contribution in [0.3, 0.4) is 0 Å². The Kier molecular flexibility index (Phi) is 3.84. The summed E-state index contributed by atoms with van der Waals surface area (Å²) >= 11 is 0. The first-order valence-electron chi connectivity index (χ1n) is 6.12. The van der Waals surface area contributed by atoms with Crippen LogP contribution >= 0.6 is 0 Å². The molecule has 2 rings (SSSR count). The minimum atomic E-state index is -0.275. The maximum absolute atomic E-state index is 12.1. The molecule has 2 N–H and O–H groups in total. The Morgan fingerprint density at radius 3 is 2.45 bits per heavy atom. The number of hydrogen-bond acceptors (Lipinski definition) is 4. The molecule has 0 saturated carbocycles. The number of benzene rings is 2. The summed E-state index contributed by atoms with van der Waals surface area (Å²) in [6.45, 7) is 1.47. The van der Waals surface area contributed by atoms with E-state index in [0.29, 0.717) is 11.1 Å². The third kappa shape index (κ3) is 3.03. The van der Waals surface area contributed by atoms with E-state index in [9.17, 15) is 19.8 Å². The predicted molar refractivity (Wildman–Crippen MR) is 74.3 cm³/mol. The number of rotatable bonds is 4. The zero-order valence-electron chi connectivity index (χ0n) is 11.0. The number of ketones is 2. The van der Waals surface area contributed by atoms with Gasteiger partial charge in [0, 0.05) is 18.1 Å². The summed E-state index contributed by atoms with van der Waals surface area (Å²) in [4.78, 5) is 23.4. The van der Waals surface area contributed by atoms with Crippen molar-refractivity contribution in [1.29, 1.82) is 0 Å². The average molecular weight is 270 g/mol. The van der Waals surface area contributed by atoms with Gasteiger partial charge < -0.3 is 10.2 Å². The van der Waals surface area contributed by atoms with Gasteiger partial charge in [-0.1, -0.05) is 18.2 Å². The molecule has 0 aromatic heterocycles. The van der Waals surface area contributed by atoms with E-state index in [1.807, 2.05) is 0 Å². The molecule has 2 aromatic carbocycles. The number of phenols is 2. The molecule has 0 spiro atoms. The van der Waals surface area contributed by atoms with Gasteiger partial charge in [-0.3, -0.25) is 9.59 Å². The van der Waals surface area contributed by atoms with Crippen LogP contribution in [-0.4, -0.2) is 21.8 Å². The molecule has 4 nitrogen and oxygen atoms in total. The van der Waals surface area contributed by atoms with Gasteiger partial charge in [-0.05, 0) is 30.7 Å². The molecule has 0 atom stereocenters. The quantitative estimate of drug-likeness (QED) is 0.838. The second kappa shape index (κ2) is 5.57. The van der Waals surface area contributed by atoms with Crippen LogP contribution in [0.4, 0.5) is 0 Å². The molecule has 2 aromatic rings. The molecule has 0 unspecified atom stereocenters. The van der Waals surface area contributed by atoms with E-state index in [-0.39, 0.29) is 35.0 Å². The molecule has 0 aliphatic heterocycles. The van der Waals surface area contributed by atoms with Crippen molar-refractivity contribution in [2.24, 2.45) is 0 Å². The highest BCUT2D eigenvalue weighted by Crippen LogP contribution is 2.24. The molecular weight excluding hydrogens is 256 g/mol. The lowest BCUT2D eigenvalue weighted by molar-refractivity contribution is 0.0985. The first kappa shape index (κ1) is 13.8. The molecule has 0 bridgehead atoms. The van der Waals surface area contributed by atoms with Crippen LogP contribution in [0.25, 0.3) is 0 Å². The van der Waals surface area contributed by atoms with Crippen molar-refractivity contribution in [3.8, 4) is 11.5 Å². The normalized spacial score (nSPS) is 10.2. The van der Waals surface area contributed by atoms with Crippen LogP contribution in [0.1, 0.15) is 33.2 Å². The summed E-state index contributed by atoms with van der Waals surface area (Å²) in [5.74, 6) is -0.690. The largest absolute Gasteiger partial charge is 0.508 e. The van der Waals surface area contributed by atoms with Crippen LogP contribution in [-0.2, 0) is 6.42 Å². The summed E-state index contributed by atoms with van der Waals surface area (Å²) in [5, 5.41) is 18.8. The summed E-state index contributed by atoms with van der Waals surface area (Å²) in [5.41, 5.74) is 1.40. The Morgan fingerprint density at radius 2 is 1.80 bits per heavy atom. The van der Waals surface area contributed by atoms with Gasteiger partial charge in [-0.25, -0.2) is 0 Å². The Morgan fingerprint density at radius 1 is 1.05 bits per heavy atom. The molecule has 0 aliphatic rings. The van der Waals surface area contributed by atoms with Crippen molar-refractivity contribution in [3.63, 3.8) is 0 Å². The van der Waals surface area contributed by atoms with E-state index in [2.05, 4.69) is 0 Å². The van der Waals surface area contributed by atoms with Crippen molar-refractivity contribution in [2.75, 3.05) is 0 Å². The highest BCUT2D eigenvalue weighted by Gasteiger charge is 2.13. The highest BCUT2D eigenvalue weighted by molar-refractivity contribution is 6.00. The van der Waals surface area contributed by atoms with Crippen molar-refractivity contribution in [3.05, 3.63) is 59.2 Å².